The highest BCUT2D eigenvalue weighted by Gasteiger charge is 2.56. The lowest BCUT2D eigenvalue weighted by atomic mass is 10.1. The van der Waals surface area contributed by atoms with Crippen LogP contribution < -0.4 is 5.73 Å². The van der Waals surface area contributed by atoms with E-state index in [2.05, 4.69) is 38.8 Å². The number of nitrogen functional groups attached to an aromatic ring is 1. The monoisotopic (exact) mass is 394 g/mol. The first kappa shape index (κ1) is 20.3. The first-order chi connectivity index (χ1) is 12.4. The Morgan fingerprint density at radius 3 is 2.52 bits per heavy atom. The van der Waals surface area contributed by atoms with Crippen LogP contribution in [0.5, 0.6) is 0 Å². The van der Waals surface area contributed by atoms with Gasteiger partial charge >= 0.3 is 0 Å². The minimum Gasteiger partial charge on any atom is -0.414 e. The molecule has 8 nitrogen and oxygen atoms in total. The average Bonchev–Trinajstić information content (AvgIpc) is 3.15. The molecule has 0 bridgehead atoms. The zero-order valence-corrected chi connectivity index (χ0v) is 18.1. The Bertz CT molecular complexity index is 750. The summed E-state index contributed by atoms with van der Waals surface area (Å²) >= 11 is 0. The average molecular weight is 395 g/mol. The zero-order chi connectivity index (χ0) is 20.2. The van der Waals surface area contributed by atoms with Gasteiger partial charge in [-0.15, -0.1) is 0 Å². The molecule has 0 aromatic carbocycles. The van der Waals surface area contributed by atoms with Crippen molar-refractivity contribution in [2.45, 2.75) is 83.1 Å². The Balaban J connectivity index is 1.82. The highest BCUT2D eigenvalue weighted by Crippen LogP contribution is 2.45. The van der Waals surface area contributed by atoms with Crippen molar-refractivity contribution in [1.82, 2.24) is 9.55 Å². The van der Waals surface area contributed by atoms with E-state index in [4.69, 9.17) is 29.6 Å². The fraction of sp³-hybridized carbons (Fsp3) is 0.778. The van der Waals surface area contributed by atoms with Crippen molar-refractivity contribution >= 4 is 14.1 Å². The molecule has 0 spiro atoms. The molecule has 2 saturated heterocycles. The molecule has 0 unspecified atom stereocenters. The number of nitriles is 1. The van der Waals surface area contributed by atoms with Crippen LogP contribution >= 0.6 is 0 Å². The Hall–Kier alpha value is -1.44. The fourth-order valence-corrected chi connectivity index (χ4v) is 4.20. The summed E-state index contributed by atoms with van der Waals surface area (Å²) in [7, 11) is -1.93. The van der Waals surface area contributed by atoms with Gasteiger partial charge in [-0.1, -0.05) is 20.8 Å². The Morgan fingerprint density at radius 2 is 1.96 bits per heavy atom. The van der Waals surface area contributed by atoms with Crippen molar-refractivity contribution in [3.63, 3.8) is 0 Å². The summed E-state index contributed by atoms with van der Waals surface area (Å²) in [6, 6.07) is 1.98. The summed E-state index contributed by atoms with van der Waals surface area (Å²) in [6.45, 7) is 15.2. The zero-order valence-electron chi connectivity index (χ0n) is 17.1. The molecule has 150 valence electrons. The highest BCUT2D eigenvalue weighted by molar-refractivity contribution is 6.74. The number of hydrogen-bond acceptors (Lipinski definition) is 7. The van der Waals surface area contributed by atoms with Gasteiger partial charge < -0.3 is 24.4 Å². The molecular formula is C18H30N4O4Si. The number of aromatic nitrogens is 2. The second-order valence-corrected chi connectivity index (χ2v) is 14.0. The molecule has 4 atom stereocenters. The summed E-state index contributed by atoms with van der Waals surface area (Å²) in [5.74, 6) is -0.458. The summed E-state index contributed by atoms with van der Waals surface area (Å²) in [5, 5.41) is 9.23. The first-order valence-electron chi connectivity index (χ1n) is 9.24. The summed E-state index contributed by atoms with van der Waals surface area (Å²) in [4.78, 5) is 4.05. The third-order valence-corrected chi connectivity index (χ3v) is 10.3. The maximum absolute atomic E-state index is 9.13. The maximum Gasteiger partial charge on any atom is 0.192 e. The smallest absolute Gasteiger partial charge is 0.192 e. The molecular weight excluding hydrogens is 364 g/mol. The van der Waals surface area contributed by atoms with Crippen molar-refractivity contribution in [2.75, 3.05) is 12.3 Å². The number of imidazole rings is 1. The molecule has 3 rings (SSSR count). The van der Waals surface area contributed by atoms with Crippen LogP contribution in [0.3, 0.4) is 0 Å². The number of nitrogens with zero attached hydrogens (tertiary/aromatic N) is 3. The lowest BCUT2D eigenvalue weighted by Crippen LogP contribution is -2.44. The molecule has 9 heteroatoms. The van der Waals surface area contributed by atoms with E-state index >= 15 is 0 Å². The van der Waals surface area contributed by atoms with E-state index in [1.165, 1.54) is 6.33 Å². The third-order valence-electron chi connectivity index (χ3n) is 5.75. The third kappa shape index (κ3) is 3.64. The van der Waals surface area contributed by atoms with Gasteiger partial charge in [0.05, 0.1) is 6.61 Å². The number of anilines is 1. The maximum atomic E-state index is 9.13. The van der Waals surface area contributed by atoms with Crippen LogP contribution in [0.15, 0.2) is 6.33 Å². The first-order valence-corrected chi connectivity index (χ1v) is 12.1. The van der Waals surface area contributed by atoms with Crippen LogP contribution in [0.25, 0.3) is 0 Å². The Kier molecular flexibility index (Phi) is 4.94. The van der Waals surface area contributed by atoms with E-state index < -0.39 is 20.3 Å². The van der Waals surface area contributed by atoms with Gasteiger partial charge in [-0.3, -0.25) is 4.57 Å². The predicted octanol–water partition coefficient (Wildman–Crippen LogP) is 2.78. The van der Waals surface area contributed by atoms with Gasteiger partial charge in [0.2, 0.25) is 0 Å². The van der Waals surface area contributed by atoms with Gasteiger partial charge in [0.25, 0.3) is 0 Å². The molecule has 0 saturated carbocycles. The molecule has 2 fully saturated rings. The number of fused-ring (bicyclic) bond motifs is 1. The van der Waals surface area contributed by atoms with E-state index in [9.17, 15) is 0 Å². The van der Waals surface area contributed by atoms with E-state index in [1.807, 2.05) is 19.9 Å². The second kappa shape index (κ2) is 6.57. The lowest BCUT2D eigenvalue weighted by Gasteiger charge is -2.37. The van der Waals surface area contributed by atoms with Crippen LogP contribution in [0.2, 0.25) is 18.1 Å². The molecule has 0 amide bonds. The molecule has 3 heterocycles. The van der Waals surface area contributed by atoms with Gasteiger partial charge in [-0.2, -0.15) is 5.26 Å². The largest absolute Gasteiger partial charge is 0.414 e. The van der Waals surface area contributed by atoms with Crippen molar-refractivity contribution in [3.8, 4) is 6.07 Å². The molecule has 2 aliphatic heterocycles. The fourth-order valence-electron chi connectivity index (χ4n) is 3.18. The molecule has 2 aliphatic rings. The molecule has 2 N–H and O–H groups in total. The van der Waals surface area contributed by atoms with Gasteiger partial charge in [-0.25, -0.2) is 4.98 Å². The van der Waals surface area contributed by atoms with Crippen LogP contribution in [0, 0.1) is 11.3 Å². The van der Waals surface area contributed by atoms with Crippen molar-refractivity contribution in [2.24, 2.45) is 0 Å². The quantitative estimate of drug-likeness (QED) is 0.783. The van der Waals surface area contributed by atoms with Crippen molar-refractivity contribution in [1.29, 1.82) is 5.26 Å². The standard InChI is InChI=1S/C18H30N4O4Si/c1-17(2,3)27(6,7)23-9-12-13-14(26-18(4,5)25-13)16(24-12)22-10-21-11(8-19)15(22)20/h10,12-14,16H,9,20H2,1-7H3/t12-,13-,14-,16-/m1/s1. The van der Waals surface area contributed by atoms with Gasteiger partial charge in [0.15, 0.2) is 26.0 Å². The molecule has 0 aliphatic carbocycles. The second-order valence-electron chi connectivity index (χ2n) is 9.20. The van der Waals surface area contributed by atoms with E-state index in [-0.39, 0.29) is 34.9 Å². The molecule has 27 heavy (non-hydrogen) atoms. The Labute approximate surface area is 161 Å². The Morgan fingerprint density at radius 1 is 1.33 bits per heavy atom. The van der Waals surface area contributed by atoms with E-state index in [1.54, 1.807) is 4.57 Å². The van der Waals surface area contributed by atoms with Crippen molar-refractivity contribution < 1.29 is 18.6 Å². The van der Waals surface area contributed by atoms with Gasteiger partial charge in [-0.05, 0) is 32.0 Å². The summed E-state index contributed by atoms with van der Waals surface area (Å²) in [6.07, 6.45) is 0.0854. The SMILES string of the molecule is CC1(C)O[C@@H]2[C@H](O1)[C@@H](CO[Si](C)(C)C(C)(C)C)O[C@H]2n1cnc(C#N)c1N. The van der Waals surface area contributed by atoms with E-state index in [0.29, 0.717) is 6.61 Å². The van der Waals surface area contributed by atoms with Gasteiger partial charge in [0, 0.05) is 0 Å². The van der Waals surface area contributed by atoms with Crippen LogP contribution in [0.1, 0.15) is 46.5 Å². The number of rotatable bonds is 4. The van der Waals surface area contributed by atoms with E-state index in [0.717, 1.165) is 0 Å². The number of hydrogen-bond donors (Lipinski definition) is 1. The topological polar surface area (TPSA) is 105 Å². The van der Waals surface area contributed by atoms with Crippen LogP contribution in [-0.4, -0.2) is 48.6 Å². The lowest BCUT2D eigenvalue weighted by molar-refractivity contribution is -0.199. The molecule has 0 radical (unpaired) electrons. The molecule has 1 aromatic heterocycles. The highest BCUT2D eigenvalue weighted by atomic mass is 28.4. The summed E-state index contributed by atoms with van der Waals surface area (Å²) < 4.78 is 26.4. The molecule has 1 aromatic rings. The van der Waals surface area contributed by atoms with Crippen LogP contribution in [-0.2, 0) is 18.6 Å². The van der Waals surface area contributed by atoms with Gasteiger partial charge in [0.1, 0.15) is 36.5 Å². The minimum absolute atomic E-state index is 0.104. The van der Waals surface area contributed by atoms with Crippen molar-refractivity contribution in [3.05, 3.63) is 12.0 Å². The number of nitrogens with two attached hydrogens (primary N) is 1. The summed E-state index contributed by atoms with van der Waals surface area (Å²) in [5.41, 5.74) is 6.24. The minimum atomic E-state index is -1.93. The van der Waals surface area contributed by atoms with Crippen LogP contribution in [0.4, 0.5) is 5.82 Å². The normalized spacial score (nSPS) is 30.3. The predicted molar refractivity (Wildman–Crippen MR) is 102 cm³/mol. The number of ether oxygens (including phenoxy) is 3.